The van der Waals surface area contributed by atoms with Gasteiger partial charge in [-0.1, -0.05) is 20.8 Å². The predicted molar refractivity (Wildman–Crippen MR) is 104 cm³/mol. The van der Waals surface area contributed by atoms with Gasteiger partial charge in [-0.3, -0.25) is 9.69 Å². The standard InChI is InChI=1S/C20H33N5O/c1-15(26)24-10-6-7-16(12-24)11-23(5)17-13-25(14-17)19-9-8-18(21-22-19)20(2,3)4/h8-9,16-17H,6-7,10-14H2,1-5H3. The monoisotopic (exact) mass is 359 g/mol. The fraction of sp³-hybridized carbons (Fsp3) is 0.750. The highest BCUT2D eigenvalue weighted by atomic mass is 16.2. The Bertz CT molecular complexity index is 618. The van der Waals surface area contributed by atoms with Gasteiger partial charge in [-0.05, 0) is 37.9 Å². The number of rotatable bonds is 4. The van der Waals surface area contributed by atoms with Gasteiger partial charge in [0.15, 0.2) is 5.82 Å². The highest BCUT2D eigenvalue weighted by Crippen LogP contribution is 2.25. The molecule has 2 fully saturated rings. The third-order valence-electron chi connectivity index (χ3n) is 5.74. The molecule has 0 saturated carbocycles. The van der Waals surface area contributed by atoms with E-state index < -0.39 is 0 Å². The van der Waals surface area contributed by atoms with Crippen molar-refractivity contribution >= 4 is 11.7 Å². The fourth-order valence-electron chi connectivity index (χ4n) is 3.87. The molecule has 1 unspecified atom stereocenters. The highest BCUT2D eigenvalue weighted by Gasteiger charge is 2.33. The van der Waals surface area contributed by atoms with E-state index in [-0.39, 0.29) is 11.3 Å². The predicted octanol–water partition coefficient (Wildman–Crippen LogP) is 2.15. The minimum absolute atomic E-state index is 0.0387. The van der Waals surface area contributed by atoms with E-state index in [1.54, 1.807) is 6.92 Å². The maximum atomic E-state index is 11.6. The molecule has 1 aromatic rings. The molecule has 0 spiro atoms. The van der Waals surface area contributed by atoms with Crippen LogP contribution in [-0.4, -0.2) is 71.7 Å². The minimum Gasteiger partial charge on any atom is -0.352 e. The lowest BCUT2D eigenvalue weighted by Gasteiger charge is -2.46. The third kappa shape index (κ3) is 4.34. The molecule has 6 heteroatoms. The zero-order chi connectivity index (χ0) is 18.9. The Balaban J connectivity index is 1.47. The minimum atomic E-state index is 0.0387. The Kier molecular flexibility index (Phi) is 5.51. The molecule has 2 aliphatic rings. The molecule has 0 radical (unpaired) electrons. The highest BCUT2D eigenvalue weighted by molar-refractivity contribution is 5.73. The molecule has 1 atom stereocenters. The molecule has 144 valence electrons. The lowest BCUT2D eigenvalue weighted by atomic mass is 9.92. The van der Waals surface area contributed by atoms with Crippen molar-refractivity contribution in [2.24, 2.45) is 5.92 Å². The van der Waals surface area contributed by atoms with Crippen molar-refractivity contribution in [2.45, 2.75) is 52.0 Å². The molecule has 1 aromatic heterocycles. The average Bonchev–Trinajstić information content (AvgIpc) is 2.53. The maximum absolute atomic E-state index is 11.6. The second kappa shape index (κ2) is 7.51. The molecule has 2 saturated heterocycles. The lowest BCUT2D eigenvalue weighted by Crippen LogP contribution is -2.60. The van der Waals surface area contributed by atoms with Crippen molar-refractivity contribution in [3.05, 3.63) is 17.8 Å². The van der Waals surface area contributed by atoms with Crippen LogP contribution in [-0.2, 0) is 10.2 Å². The first-order valence-electron chi connectivity index (χ1n) is 9.79. The molecule has 0 N–H and O–H groups in total. The second-order valence-electron chi connectivity index (χ2n) is 9.00. The first-order chi connectivity index (χ1) is 12.2. The van der Waals surface area contributed by atoms with Gasteiger partial charge in [-0.2, -0.15) is 5.10 Å². The summed E-state index contributed by atoms with van der Waals surface area (Å²) in [6, 6.07) is 4.75. The van der Waals surface area contributed by atoms with Gasteiger partial charge < -0.3 is 9.80 Å². The number of nitrogens with zero attached hydrogens (tertiary/aromatic N) is 5. The number of carbonyl (C=O) groups excluding carboxylic acids is 1. The van der Waals surface area contributed by atoms with Crippen LogP contribution in [0.2, 0.25) is 0 Å². The van der Waals surface area contributed by atoms with Crippen LogP contribution >= 0.6 is 0 Å². The third-order valence-corrected chi connectivity index (χ3v) is 5.74. The molecule has 6 nitrogen and oxygen atoms in total. The summed E-state index contributed by atoms with van der Waals surface area (Å²) < 4.78 is 0. The van der Waals surface area contributed by atoms with Crippen LogP contribution in [0, 0.1) is 5.92 Å². The van der Waals surface area contributed by atoms with Crippen molar-refractivity contribution in [3.63, 3.8) is 0 Å². The Morgan fingerprint density at radius 2 is 1.96 bits per heavy atom. The summed E-state index contributed by atoms with van der Waals surface area (Å²) in [5, 5.41) is 8.82. The summed E-state index contributed by atoms with van der Waals surface area (Å²) in [6.07, 6.45) is 2.36. The Morgan fingerprint density at radius 1 is 1.23 bits per heavy atom. The number of aromatic nitrogens is 2. The van der Waals surface area contributed by atoms with Crippen molar-refractivity contribution in [3.8, 4) is 0 Å². The SMILES string of the molecule is CC(=O)N1CCCC(CN(C)C2CN(c3ccc(C(C)(C)C)nn3)C2)C1. The Morgan fingerprint density at radius 3 is 2.54 bits per heavy atom. The molecule has 0 aromatic carbocycles. The zero-order valence-corrected chi connectivity index (χ0v) is 16.9. The summed E-state index contributed by atoms with van der Waals surface area (Å²) >= 11 is 0. The van der Waals surface area contributed by atoms with Crippen LogP contribution in [0.5, 0.6) is 0 Å². The van der Waals surface area contributed by atoms with Crippen LogP contribution in [0.15, 0.2) is 12.1 Å². The Labute approximate surface area is 157 Å². The van der Waals surface area contributed by atoms with Crippen molar-refractivity contribution in [1.29, 1.82) is 0 Å². The van der Waals surface area contributed by atoms with Gasteiger partial charge >= 0.3 is 0 Å². The molecular weight excluding hydrogens is 326 g/mol. The summed E-state index contributed by atoms with van der Waals surface area (Å²) in [4.78, 5) is 18.4. The first kappa shape index (κ1) is 19.1. The van der Waals surface area contributed by atoms with Gasteiger partial charge in [0.05, 0.1) is 5.69 Å². The van der Waals surface area contributed by atoms with E-state index in [9.17, 15) is 4.79 Å². The number of carbonyl (C=O) groups is 1. The molecule has 26 heavy (non-hydrogen) atoms. The van der Waals surface area contributed by atoms with Crippen LogP contribution < -0.4 is 4.90 Å². The molecule has 0 aliphatic carbocycles. The number of hydrogen-bond donors (Lipinski definition) is 0. The molecule has 3 heterocycles. The van der Waals surface area contributed by atoms with E-state index in [2.05, 4.69) is 59.9 Å². The van der Waals surface area contributed by atoms with Gasteiger partial charge in [0.1, 0.15) is 0 Å². The van der Waals surface area contributed by atoms with Crippen LogP contribution in [0.25, 0.3) is 0 Å². The van der Waals surface area contributed by atoms with E-state index in [0.717, 1.165) is 50.7 Å². The summed E-state index contributed by atoms with van der Waals surface area (Å²) in [5.41, 5.74) is 1.07. The van der Waals surface area contributed by atoms with Crippen molar-refractivity contribution in [1.82, 2.24) is 20.0 Å². The number of piperidine rings is 1. The molecular formula is C20H33N5O. The number of anilines is 1. The summed E-state index contributed by atoms with van der Waals surface area (Å²) in [7, 11) is 2.21. The number of hydrogen-bond acceptors (Lipinski definition) is 5. The largest absolute Gasteiger partial charge is 0.352 e. The van der Waals surface area contributed by atoms with Crippen LogP contribution in [0.1, 0.15) is 46.2 Å². The number of amides is 1. The van der Waals surface area contributed by atoms with E-state index in [1.165, 1.54) is 6.42 Å². The van der Waals surface area contributed by atoms with E-state index in [0.29, 0.717) is 12.0 Å². The smallest absolute Gasteiger partial charge is 0.219 e. The summed E-state index contributed by atoms with van der Waals surface area (Å²) in [6.45, 7) is 13.1. The zero-order valence-electron chi connectivity index (χ0n) is 16.9. The number of likely N-dealkylation sites (tertiary alicyclic amines) is 1. The molecule has 1 amide bonds. The van der Waals surface area contributed by atoms with Gasteiger partial charge in [0.25, 0.3) is 0 Å². The normalized spacial score (nSPS) is 21.8. The fourth-order valence-corrected chi connectivity index (χ4v) is 3.87. The van der Waals surface area contributed by atoms with Crippen LogP contribution in [0.4, 0.5) is 5.82 Å². The molecule has 2 aliphatic heterocycles. The van der Waals surface area contributed by atoms with E-state index in [4.69, 9.17) is 0 Å². The average molecular weight is 360 g/mol. The van der Waals surface area contributed by atoms with Crippen molar-refractivity contribution < 1.29 is 4.79 Å². The molecule has 3 rings (SSSR count). The number of likely N-dealkylation sites (N-methyl/N-ethyl adjacent to an activating group) is 1. The quantitative estimate of drug-likeness (QED) is 0.824. The lowest BCUT2D eigenvalue weighted by molar-refractivity contribution is -0.130. The second-order valence-corrected chi connectivity index (χ2v) is 9.00. The van der Waals surface area contributed by atoms with E-state index >= 15 is 0 Å². The first-order valence-corrected chi connectivity index (χ1v) is 9.79. The Hall–Kier alpha value is -1.69. The maximum Gasteiger partial charge on any atom is 0.219 e. The van der Waals surface area contributed by atoms with Gasteiger partial charge in [-0.25, -0.2) is 0 Å². The van der Waals surface area contributed by atoms with Gasteiger partial charge in [0.2, 0.25) is 5.91 Å². The van der Waals surface area contributed by atoms with Gasteiger partial charge in [-0.15, -0.1) is 5.10 Å². The summed E-state index contributed by atoms with van der Waals surface area (Å²) in [5.74, 6) is 1.78. The van der Waals surface area contributed by atoms with Gasteiger partial charge in [0, 0.05) is 51.1 Å². The topological polar surface area (TPSA) is 52.6 Å². The van der Waals surface area contributed by atoms with Crippen molar-refractivity contribution in [2.75, 3.05) is 44.7 Å². The van der Waals surface area contributed by atoms with E-state index in [1.807, 2.05) is 4.90 Å². The van der Waals surface area contributed by atoms with Crippen LogP contribution in [0.3, 0.4) is 0 Å². The molecule has 0 bridgehead atoms.